The molecule has 1 aliphatic heterocycles. The summed E-state index contributed by atoms with van der Waals surface area (Å²) in [6.45, 7) is 0.0986. The molecule has 1 N–H and O–H groups in total. The molecule has 1 aromatic rings. The third-order valence-corrected chi connectivity index (χ3v) is 5.17. The second-order valence-corrected chi connectivity index (χ2v) is 6.71. The number of benzene rings is 1. The van der Waals surface area contributed by atoms with Crippen LogP contribution in [-0.2, 0) is 9.59 Å². The van der Waals surface area contributed by atoms with E-state index >= 15 is 0 Å². The van der Waals surface area contributed by atoms with Crippen LogP contribution in [0.15, 0.2) is 18.2 Å². The van der Waals surface area contributed by atoms with E-state index < -0.39 is 0 Å². The fraction of sp³-hybridized carbons (Fsp3) is 0.500. The maximum atomic E-state index is 12.1. The predicted molar refractivity (Wildman–Crippen MR) is 87.6 cm³/mol. The van der Waals surface area contributed by atoms with Crippen LogP contribution in [0.3, 0.4) is 0 Å². The maximum Gasteiger partial charge on any atom is 0.239 e. The van der Waals surface area contributed by atoms with E-state index in [0.29, 0.717) is 23.3 Å². The molecule has 0 bridgehead atoms. The second-order valence-electron chi connectivity index (χ2n) is 5.64. The van der Waals surface area contributed by atoms with Crippen LogP contribution in [0.1, 0.15) is 23.8 Å². The summed E-state index contributed by atoms with van der Waals surface area (Å²) in [5.74, 6) is 1.54. The Bertz CT molecular complexity index is 618. The van der Waals surface area contributed by atoms with Crippen molar-refractivity contribution in [3.63, 3.8) is 0 Å². The highest BCUT2D eigenvalue weighted by molar-refractivity contribution is 8.00. The van der Waals surface area contributed by atoms with Gasteiger partial charge < -0.3 is 19.7 Å². The molecule has 0 aromatic heterocycles. The Morgan fingerprint density at radius 1 is 1.30 bits per heavy atom. The molecule has 1 heterocycles. The Morgan fingerprint density at radius 3 is 2.70 bits per heavy atom. The summed E-state index contributed by atoms with van der Waals surface area (Å²) >= 11 is 1.52. The SMILES string of the molecule is COc1ccc(C2SCC(=O)N2CC(=O)NC2CC2)cc1OC. The lowest BCUT2D eigenvalue weighted by Crippen LogP contribution is -2.40. The summed E-state index contributed by atoms with van der Waals surface area (Å²) in [6, 6.07) is 5.89. The van der Waals surface area contributed by atoms with Crippen LogP contribution in [0.2, 0.25) is 0 Å². The number of nitrogens with one attached hydrogen (secondary N) is 1. The lowest BCUT2D eigenvalue weighted by Gasteiger charge is -2.24. The van der Waals surface area contributed by atoms with Gasteiger partial charge in [-0.3, -0.25) is 9.59 Å². The first kappa shape index (κ1) is 16.0. The van der Waals surface area contributed by atoms with Crippen LogP contribution in [0.4, 0.5) is 0 Å². The van der Waals surface area contributed by atoms with Gasteiger partial charge in [0.2, 0.25) is 11.8 Å². The Labute approximate surface area is 139 Å². The molecule has 1 aliphatic carbocycles. The van der Waals surface area contributed by atoms with Crippen molar-refractivity contribution in [2.45, 2.75) is 24.3 Å². The molecule has 6 nitrogen and oxygen atoms in total. The maximum absolute atomic E-state index is 12.1. The first-order valence-electron chi connectivity index (χ1n) is 7.54. The van der Waals surface area contributed by atoms with Crippen LogP contribution in [-0.4, -0.2) is 49.3 Å². The van der Waals surface area contributed by atoms with Crippen molar-refractivity contribution >= 4 is 23.6 Å². The zero-order valence-electron chi connectivity index (χ0n) is 13.2. The Kier molecular flexibility index (Phi) is 4.66. The molecule has 2 fully saturated rings. The molecule has 2 aliphatic rings. The number of methoxy groups -OCH3 is 2. The van der Waals surface area contributed by atoms with Crippen LogP contribution < -0.4 is 14.8 Å². The molecule has 124 valence electrons. The van der Waals surface area contributed by atoms with Crippen LogP contribution in [0.5, 0.6) is 11.5 Å². The fourth-order valence-corrected chi connectivity index (χ4v) is 3.74. The third kappa shape index (κ3) is 3.55. The van der Waals surface area contributed by atoms with Gasteiger partial charge in [0.15, 0.2) is 11.5 Å². The molecule has 7 heteroatoms. The molecular formula is C16H20N2O4S. The van der Waals surface area contributed by atoms with E-state index in [-0.39, 0.29) is 23.7 Å². The van der Waals surface area contributed by atoms with Crippen LogP contribution in [0.25, 0.3) is 0 Å². The number of nitrogens with zero attached hydrogens (tertiary/aromatic N) is 1. The summed E-state index contributed by atoms with van der Waals surface area (Å²) in [6.07, 6.45) is 2.07. The monoisotopic (exact) mass is 336 g/mol. The number of carbonyl (C=O) groups is 2. The van der Waals surface area contributed by atoms with E-state index in [4.69, 9.17) is 9.47 Å². The number of rotatable bonds is 6. The Balaban J connectivity index is 1.76. The van der Waals surface area contributed by atoms with Gasteiger partial charge in [-0.15, -0.1) is 11.8 Å². The number of hydrogen-bond donors (Lipinski definition) is 1. The van der Waals surface area contributed by atoms with Gasteiger partial charge in [0, 0.05) is 6.04 Å². The number of ether oxygens (including phenoxy) is 2. The molecule has 0 radical (unpaired) electrons. The highest BCUT2D eigenvalue weighted by Gasteiger charge is 2.35. The molecule has 1 saturated heterocycles. The van der Waals surface area contributed by atoms with Gasteiger partial charge in [0.25, 0.3) is 0 Å². The summed E-state index contributed by atoms with van der Waals surface area (Å²) in [5.41, 5.74) is 0.928. The summed E-state index contributed by atoms with van der Waals surface area (Å²) in [5, 5.41) is 2.75. The van der Waals surface area contributed by atoms with E-state index in [1.165, 1.54) is 11.8 Å². The first-order chi connectivity index (χ1) is 11.1. The quantitative estimate of drug-likeness (QED) is 0.854. The molecule has 2 amide bonds. The predicted octanol–water partition coefficient (Wildman–Crippen LogP) is 1.56. The van der Waals surface area contributed by atoms with E-state index in [0.717, 1.165) is 18.4 Å². The van der Waals surface area contributed by atoms with E-state index in [2.05, 4.69) is 5.32 Å². The minimum absolute atomic E-state index is 0.0132. The number of amides is 2. The van der Waals surface area contributed by atoms with Gasteiger partial charge in [-0.25, -0.2) is 0 Å². The minimum atomic E-state index is -0.174. The molecule has 3 rings (SSSR count). The lowest BCUT2D eigenvalue weighted by molar-refractivity contribution is -0.133. The van der Waals surface area contributed by atoms with Crippen LogP contribution >= 0.6 is 11.8 Å². The molecule has 0 spiro atoms. The Hall–Kier alpha value is -1.89. The van der Waals surface area contributed by atoms with Gasteiger partial charge in [-0.2, -0.15) is 0 Å². The van der Waals surface area contributed by atoms with Crippen molar-refractivity contribution in [3.05, 3.63) is 23.8 Å². The molecule has 23 heavy (non-hydrogen) atoms. The third-order valence-electron chi connectivity index (χ3n) is 3.92. The molecular weight excluding hydrogens is 316 g/mol. The van der Waals surface area contributed by atoms with Gasteiger partial charge in [0.05, 0.1) is 20.0 Å². The number of thioether (sulfide) groups is 1. The lowest BCUT2D eigenvalue weighted by atomic mass is 10.1. The van der Waals surface area contributed by atoms with Crippen molar-refractivity contribution in [2.24, 2.45) is 0 Å². The van der Waals surface area contributed by atoms with Crippen molar-refractivity contribution in [3.8, 4) is 11.5 Å². The molecule has 1 aromatic carbocycles. The number of carbonyl (C=O) groups excluding carboxylic acids is 2. The van der Waals surface area contributed by atoms with Gasteiger partial charge >= 0.3 is 0 Å². The zero-order valence-corrected chi connectivity index (χ0v) is 14.0. The van der Waals surface area contributed by atoms with Gasteiger partial charge in [-0.1, -0.05) is 6.07 Å². The van der Waals surface area contributed by atoms with Crippen molar-refractivity contribution in [1.29, 1.82) is 0 Å². The average molecular weight is 336 g/mol. The van der Waals surface area contributed by atoms with Crippen molar-refractivity contribution in [2.75, 3.05) is 26.5 Å². The highest BCUT2D eigenvalue weighted by atomic mass is 32.2. The average Bonchev–Trinajstić information content (AvgIpc) is 3.30. The second kappa shape index (κ2) is 6.70. The standard InChI is InChI=1S/C16H20N2O4S/c1-21-12-6-3-10(7-13(12)22-2)16-18(15(20)9-23-16)8-14(19)17-11-4-5-11/h3,6-7,11,16H,4-5,8-9H2,1-2H3,(H,17,19). The highest BCUT2D eigenvalue weighted by Crippen LogP contribution is 2.41. The molecule has 1 saturated carbocycles. The van der Waals surface area contributed by atoms with Crippen molar-refractivity contribution in [1.82, 2.24) is 10.2 Å². The molecule has 1 atom stereocenters. The molecule has 1 unspecified atom stereocenters. The van der Waals surface area contributed by atoms with Crippen LogP contribution in [0, 0.1) is 0 Å². The zero-order chi connectivity index (χ0) is 16.4. The largest absolute Gasteiger partial charge is 0.493 e. The smallest absolute Gasteiger partial charge is 0.239 e. The topological polar surface area (TPSA) is 67.9 Å². The summed E-state index contributed by atoms with van der Waals surface area (Å²) < 4.78 is 10.6. The van der Waals surface area contributed by atoms with Gasteiger partial charge in [-0.05, 0) is 30.5 Å². The van der Waals surface area contributed by atoms with Crippen molar-refractivity contribution < 1.29 is 19.1 Å². The normalized spacial score (nSPS) is 20.5. The minimum Gasteiger partial charge on any atom is -0.493 e. The van der Waals surface area contributed by atoms with Gasteiger partial charge in [0.1, 0.15) is 11.9 Å². The fourth-order valence-electron chi connectivity index (χ4n) is 2.56. The summed E-state index contributed by atoms with van der Waals surface area (Å²) in [7, 11) is 3.16. The van der Waals surface area contributed by atoms with E-state index in [9.17, 15) is 9.59 Å². The Morgan fingerprint density at radius 2 is 2.04 bits per heavy atom. The first-order valence-corrected chi connectivity index (χ1v) is 8.59. The summed E-state index contributed by atoms with van der Waals surface area (Å²) in [4.78, 5) is 25.8. The van der Waals surface area contributed by atoms with E-state index in [1.54, 1.807) is 19.1 Å². The van der Waals surface area contributed by atoms with E-state index in [1.807, 2.05) is 18.2 Å². The number of hydrogen-bond acceptors (Lipinski definition) is 5.